The molecule has 1 heteroatoms. The molecular formula is C13H18O. The minimum absolute atomic E-state index is 0.197. The van der Waals surface area contributed by atoms with Crippen molar-refractivity contribution in [1.29, 1.82) is 0 Å². The Labute approximate surface area is 86.1 Å². The molecule has 1 N–H and O–H groups in total. The molecule has 1 atom stereocenters. The molecule has 0 amide bonds. The first-order chi connectivity index (χ1) is 6.68. The van der Waals surface area contributed by atoms with Crippen molar-refractivity contribution in [3.05, 3.63) is 41.5 Å². The van der Waals surface area contributed by atoms with Crippen molar-refractivity contribution in [2.24, 2.45) is 0 Å². The van der Waals surface area contributed by atoms with Crippen LogP contribution in [0.3, 0.4) is 0 Å². The summed E-state index contributed by atoms with van der Waals surface area (Å²) in [7, 11) is 0. The van der Waals surface area contributed by atoms with E-state index in [2.05, 4.69) is 43.3 Å². The number of rotatable bonds is 4. The van der Waals surface area contributed by atoms with Crippen LogP contribution in [0.25, 0.3) is 6.08 Å². The van der Waals surface area contributed by atoms with Crippen LogP contribution >= 0.6 is 0 Å². The Morgan fingerprint density at radius 3 is 2.86 bits per heavy atom. The Hall–Kier alpha value is -1.08. The quantitative estimate of drug-likeness (QED) is 0.773. The van der Waals surface area contributed by atoms with Crippen molar-refractivity contribution >= 4 is 6.08 Å². The Balaban J connectivity index is 2.44. The van der Waals surface area contributed by atoms with Crippen LogP contribution in [-0.4, -0.2) is 11.2 Å². The van der Waals surface area contributed by atoms with Crippen molar-refractivity contribution in [1.82, 2.24) is 0 Å². The smallest absolute Gasteiger partial charge is 0.0515 e. The Bertz CT molecular complexity index is 300. The van der Waals surface area contributed by atoms with Crippen molar-refractivity contribution in [3.63, 3.8) is 0 Å². The van der Waals surface area contributed by atoms with Gasteiger partial charge < -0.3 is 5.11 Å². The fraction of sp³-hybridized carbons (Fsp3) is 0.385. The second-order valence-corrected chi connectivity index (χ2v) is 3.74. The van der Waals surface area contributed by atoms with Gasteiger partial charge in [-0.3, -0.25) is 0 Å². The lowest BCUT2D eigenvalue weighted by molar-refractivity contribution is 0.186. The molecule has 0 radical (unpaired) electrons. The maximum absolute atomic E-state index is 9.06. The molecule has 0 fully saturated rings. The van der Waals surface area contributed by atoms with E-state index >= 15 is 0 Å². The number of hydrogen-bond donors (Lipinski definition) is 1. The summed E-state index contributed by atoms with van der Waals surface area (Å²) in [6, 6.07) is 8.39. The highest BCUT2D eigenvalue weighted by Gasteiger charge is 1.91. The van der Waals surface area contributed by atoms with Crippen molar-refractivity contribution in [2.45, 2.75) is 32.8 Å². The Morgan fingerprint density at radius 1 is 1.43 bits per heavy atom. The van der Waals surface area contributed by atoms with E-state index in [1.54, 1.807) is 0 Å². The van der Waals surface area contributed by atoms with Gasteiger partial charge in [0.25, 0.3) is 0 Å². The zero-order valence-electron chi connectivity index (χ0n) is 8.90. The van der Waals surface area contributed by atoms with Crippen LogP contribution in [0.4, 0.5) is 0 Å². The van der Waals surface area contributed by atoms with Crippen LogP contribution in [0.1, 0.15) is 30.9 Å². The SMILES string of the molecule is Cc1cccc(/C=C/CC[C@@H](C)O)c1. The van der Waals surface area contributed by atoms with Gasteiger partial charge in [0.15, 0.2) is 0 Å². The number of aliphatic hydroxyl groups is 1. The second-order valence-electron chi connectivity index (χ2n) is 3.74. The van der Waals surface area contributed by atoms with Gasteiger partial charge in [-0.2, -0.15) is 0 Å². The van der Waals surface area contributed by atoms with E-state index in [1.165, 1.54) is 11.1 Å². The molecule has 0 aromatic heterocycles. The lowest BCUT2D eigenvalue weighted by atomic mass is 10.1. The number of benzene rings is 1. The van der Waals surface area contributed by atoms with E-state index in [0.29, 0.717) is 0 Å². The lowest BCUT2D eigenvalue weighted by Crippen LogP contribution is -1.96. The molecule has 1 rings (SSSR count). The van der Waals surface area contributed by atoms with Crippen molar-refractivity contribution in [2.75, 3.05) is 0 Å². The minimum Gasteiger partial charge on any atom is -0.393 e. The largest absolute Gasteiger partial charge is 0.393 e. The van der Waals surface area contributed by atoms with E-state index in [9.17, 15) is 0 Å². The normalized spacial score (nSPS) is 13.4. The first-order valence-electron chi connectivity index (χ1n) is 5.10. The van der Waals surface area contributed by atoms with E-state index in [1.807, 2.05) is 6.92 Å². The molecule has 1 aromatic carbocycles. The average Bonchev–Trinajstić information content (AvgIpc) is 2.12. The summed E-state index contributed by atoms with van der Waals surface area (Å²) in [6.07, 6.45) is 5.79. The minimum atomic E-state index is -0.197. The number of allylic oxidation sites excluding steroid dienone is 1. The van der Waals surface area contributed by atoms with Gasteiger partial charge >= 0.3 is 0 Å². The topological polar surface area (TPSA) is 20.2 Å². The molecule has 76 valence electrons. The van der Waals surface area contributed by atoms with Crippen LogP contribution in [-0.2, 0) is 0 Å². The molecule has 0 bridgehead atoms. The van der Waals surface area contributed by atoms with Crippen molar-refractivity contribution in [3.8, 4) is 0 Å². The van der Waals surface area contributed by atoms with Gasteiger partial charge in [-0.05, 0) is 32.3 Å². The number of aryl methyl sites for hydroxylation is 1. The Morgan fingerprint density at radius 2 is 2.21 bits per heavy atom. The van der Waals surface area contributed by atoms with Gasteiger partial charge in [0.1, 0.15) is 0 Å². The third kappa shape index (κ3) is 4.24. The third-order valence-corrected chi connectivity index (χ3v) is 2.10. The number of hydrogen-bond acceptors (Lipinski definition) is 1. The fourth-order valence-corrected chi connectivity index (χ4v) is 1.33. The van der Waals surface area contributed by atoms with Gasteiger partial charge in [-0.25, -0.2) is 0 Å². The first-order valence-corrected chi connectivity index (χ1v) is 5.10. The van der Waals surface area contributed by atoms with Crippen LogP contribution < -0.4 is 0 Å². The highest BCUT2D eigenvalue weighted by molar-refractivity contribution is 5.49. The highest BCUT2D eigenvalue weighted by atomic mass is 16.3. The standard InChI is InChI=1S/C13H18O/c1-11-6-5-9-13(10-11)8-4-3-7-12(2)14/h4-6,8-10,12,14H,3,7H2,1-2H3/b8-4+/t12-/m1/s1. The van der Waals surface area contributed by atoms with E-state index < -0.39 is 0 Å². The fourth-order valence-electron chi connectivity index (χ4n) is 1.33. The average molecular weight is 190 g/mol. The molecule has 0 saturated carbocycles. The van der Waals surface area contributed by atoms with Crippen LogP contribution in [0.5, 0.6) is 0 Å². The molecule has 0 saturated heterocycles. The zero-order valence-corrected chi connectivity index (χ0v) is 8.90. The Kier molecular flexibility index (Phi) is 4.41. The summed E-state index contributed by atoms with van der Waals surface area (Å²) >= 11 is 0. The van der Waals surface area contributed by atoms with Gasteiger partial charge in [-0.15, -0.1) is 0 Å². The van der Waals surface area contributed by atoms with Crippen LogP contribution in [0, 0.1) is 6.92 Å². The predicted octanol–water partition coefficient (Wildman–Crippen LogP) is 3.17. The van der Waals surface area contributed by atoms with Crippen molar-refractivity contribution < 1.29 is 5.11 Å². The lowest BCUT2D eigenvalue weighted by Gasteiger charge is -1.99. The van der Waals surface area contributed by atoms with Crippen LogP contribution in [0.15, 0.2) is 30.3 Å². The molecule has 0 unspecified atom stereocenters. The third-order valence-electron chi connectivity index (χ3n) is 2.10. The molecular weight excluding hydrogens is 172 g/mol. The molecule has 14 heavy (non-hydrogen) atoms. The predicted molar refractivity (Wildman–Crippen MR) is 61.1 cm³/mol. The molecule has 0 aliphatic heterocycles. The summed E-state index contributed by atoms with van der Waals surface area (Å²) in [5.74, 6) is 0. The van der Waals surface area contributed by atoms with E-state index in [-0.39, 0.29) is 6.10 Å². The molecule has 0 spiro atoms. The number of aliphatic hydroxyl groups excluding tert-OH is 1. The second kappa shape index (κ2) is 5.61. The maximum atomic E-state index is 9.06. The van der Waals surface area contributed by atoms with E-state index in [4.69, 9.17) is 5.11 Å². The molecule has 0 aliphatic carbocycles. The summed E-state index contributed by atoms with van der Waals surface area (Å²) in [4.78, 5) is 0. The van der Waals surface area contributed by atoms with Gasteiger partial charge in [0, 0.05) is 0 Å². The summed E-state index contributed by atoms with van der Waals surface area (Å²) in [6.45, 7) is 3.91. The summed E-state index contributed by atoms with van der Waals surface area (Å²) in [5, 5.41) is 9.06. The van der Waals surface area contributed by atoms with Crippen LogP contribution in [0.2, 0.25) is 0 Å². The van der Waals surface area contributed by atoms with Gasteiger partial charge in [0.2, 0.25) is 0 Å². The first kappa shape index (κ1) is 11.0. The van der Waals surface area contributed by atoms with Gasteiger partial charge in [0.05, 0.1) is 6.10 Å². The summed E-state index contributed by atoms with van der Waals surface area (Å²) < 4.78 is 0. The summed E-state index contributed by atoms with van der Waals surface area (Å²) in [5.41, 5.74) is 2.51. The molecule has 1 nitrogen and oxygen atoms in total. The van der Waals surface area contributed by atoms with Gasteiger partial charge in [-0.1, -0.05) is 42.0 Å². The molecule has 0 aliphatic rings. The zero-order chi connectivity index (χ0) is 10.4. The molecule has 1 aromatic rings. The van der Waals surface area contributed by atoms with E-state index in [0.717, 1.165) is 12.8 Å². The molecule has 0 heterocycles. The highest BCUT2D eigenvalue weighted by Crippen LogP contribution is 2.07. The monoisotopic (exact) mass is 190 g/mol. The maximum Gasteiger partial charge on any atom is 0.0515 e.